The highest BCUT2D eigenvalue weighted by atomic mass is 19.1. The van der Waals surface area contributed by atoms with Crippen LogP contribution in [0.3, 0.4) is 0 Å². The van der Waals surface area contributed by atoms with E-state index < -0.39 is 0 Å². The van der Waals surface area contributed by atoms with Gasteiger partial charge in [-0.15, -0.1) is 0 Å². The van der Waals surface area contributed by atoms with Crippen molar-refractivity contribution in [2.24, 2.45) is 7.05 Å². The van der Waals surface area contributed by atoms with Gasteiger partial charge in [0.1, 0.15) is 5.82 Å². The van der Waals surface area contributed by atoms with Crippen molar-refractivity contribution >= 4 is 0 Å². The number of nitrogens with one attached hydrogen (secondary N) is 1. The first-order chi connectivity index (χ1) is 8.65. The average Bonchev–Trinajstić information content (AvgIpc) is 2.76. The maximum absolute atomic E-state index is 12.8. The molecule has 0 radical (unpaired) electrons. The minimum atomic E-state index is -0.193. The van der Waals surface area contributed by atoms with Crippen LogP contribution in [0.4, 0.5) is 4.39 Å². The molecule has 0 fully saturated rings. The number of benzene rings is 1. The number of hydrogen-bond acceptors (Lipinski definition) is 2. The molecule has 0 aliphatic carbocycles. The van der Waals surface area contributed by atoms with Crippen LogP contribution in [0.1, 0.15) is 24.1 Å². The summed E-state index contributed by atoms with van der Waals surface area (Å²) in [6, 6.07) is 6.85. The topological polar surface area (TPSA) is 29.9 Å². The number of hydrogen-bond donors (Lipinski definition) is 1. The highest BCUT2D eigenvalue weighted by Gasteiger charge is 2.04. The summed E-state index contributed by atoms with van der Waals surface area (Å²) in [5.74, 6) is -0.193. The summed E-state index contributed by atoms with van der Waals surface area (Å²) in [5.41, 5.74) is 2.32. The molecule has 0 saturated carbocycles. The minimum absolute atomic E-state index is 0.193. The van der Waals surface area contributed by atoms with Gasteiger partial charge in [-0.3, -0.25) is 4.68 Å². The molecule has 2 rings (SSSR count). The van der Waals surface area contributed by atoms with Gasteiger partial charge >= 0.3 is 0 Å². The van der Waals surface area contributed by atoms with E-state index in [1.165, 1.54) is 17.7 Å². The second kappa shape index (κ2) is 5.78. The molecule has 18 heavy (non-hydrogen) atoms. The zero-order valence-electron chi connectivity index (χ0n) is 10.7. The summed E-state index contributed by atoms with van der Waals surface area (Å²) in [4.78, 5) is 0. The van der Waals surface area contributed by atoms with E-state index in [-0.39, 0.29) is 11.9 Å². The van der Waals surface area contributed by atoms with E-state index in [1.54, 1.807) is 4.68 Å². The van der Waals surface area contributed by atoms with Crippen molar-refractivity contribution in [2.45, 2.75) is 19.4 Å². The standard InChI is InChI=1S/C14H18FN3/c1-11(13-3-5-14(15)6-4-13)16-8-7-12-9-17-18(2)10-12/h3-6,9-11,16H,7-8H2,1-2H3/t11-/m0/s1. The van der Waals surface area contributed by atoms with Crippen molar-refractivity contribution in [3.63, 3.8) is 0 Å². The van der Waals surface area contributed by atoms with E-state index in [0.717, 1.165) is 18.5 Å². The fourth-order valence-corrected chi connectivity index (χ4v) is 1.90. The normalized spacial score (nSPS) is 12.6. The Hall–Kier alpha value is -1.68. The Morgan fingerprint density at radius 1 is 1.33 bits per heavy atom. The smallest absolute Gasteiger partial charge is 0.123 e. The molecule has 1 aromatic heterocycles. The summed E-state index contributed by atoms with van der Waals surface area (Å²) in [6.07, 6.45) is 4.84. The Kier molecular flexibility index (Phi) is 4.10. The molecule has 0 spiro atoms. The Balaban J connectivity index is 1.81. The maximum Gasteiger partial charge on any atom is 0.123 e. The van der Waals surface area contributed by atoms with Gasteiger partial charge in [-0.1, -0.05) is 12.1 Å². The third-order valence-electron chi connectivity index (χ3n) is 2.99. The van der Waals surface area contributed by atoms with Gasteiger partial charge < -0.3 is 5.32 Å². The van der Waals surface area contributed by atoms with Gasteiger partial charge in [-0.2, -0.15) is 5.10 Å². The van der Waals surface area contributed by atoms with E-state index in [1.807, 2.05) is 31.6 Å². The average molecular weight is 247 g/mol. The van der Waals surface area contributed by atoms with Crippen molar-refractivity contribution < 1.29 is 4.39 Å². The fraction of sp³-hybridized carbons (Fsp3) is 0.357. The van der Waals surface area contributed by atoms with Crippen LogP contribution in [-0.2, 0) is 13.5 Å². The Labute approximate surface area is 107 Å². The molecule has 1 atom stereocenters. The first-order valence-corrected chi connectivity index (χ1v) is 6.11. The van der Waals surface area contributed by atoms with Gasteiger partial charge in [0, 0.05) is 19.3 Å². The predicted octanol–water partition coefficient (Wildman–Crippen LogP) is 2.45. The van der Waals surface area contributed by atoms with Crippen LogP contribution in [0, 0.1) is 5.82 Å². The lowest BCUT2D eigenvalue weighted by Gasteiger charge is -2.13. The quantitative estimate of drug-likeness (QED) is 0.879. The third-order valence-corrected chi connectivity index (χ3v) is 2.99. The van der Waals surface area contributed by atoms with E-state index in [2.05, 4.69) is 17.3 Å². The van der Waals surface area contributed by atoms with Crippen LogP contribution in [0.5, 0.6) is 0 Å². The summed E-state index contributed by atoms with van der Waals surface area (Å²) in [6.45, 7) is 2.96. The fourth-order valence-electron chi connectivity index (χ4n) is 1.90. The van der Waals surface area contributed by atoms with Crippen molar-refractivity contribution in [3.05, 3.63) is 53.6 Å². The van der Waals surface area contributed by atoms with Crippen molar-refractivity contribution in [1.82, 2.24) is 15.1 Å². The zero-order chi connectivity index (χ0) is 13.0. The molecule has 0 bridgehead atoms. The van der Waals surface area contributed by atoms with E-state index >= 15 is 0 Å². The lowest BCUT2D eigenvalue weighted by molar-refractivity contribution is 0.573. The Morgan fingerprint density at radius 2 is 2.06 bits per heavy atom. The molecule has 0 unspecified atom stereocenters. The lowest BCUT2D eigenvalue weighted by Crippen LogP contribution is -2.21. The number of nitrogens with zero attached hydrogens (tertiary/aromatic N) is 2. The van der Waals surface area contributed by atoms with Crippen LogP contribution < -0.4 is 5.32 Å². The van der Waals surface area contributed by atoms with Gasteiger partial charge in [0.15, 0.2) is 0 Å². The Morgan fingerprint density at radius 3 is 2.67 bits per heavy atom. The monoisotopic (exact) mass is 247 g/mol. The molecule has 0 saturated heterocycles. The third kappa shape index (κ3) is 3.40. The van der Waals surface area contributed by atoms with Crippen LogP contribution >= 0.6 is 0 Å². The summed E-state index contributed by atoms with van der Waals surface area (Å²) in [7, 11) is 1.91. The summed E-state index contributed by atoms with van der Waals surface area (Å²) < 4.78 is 14.6. The number of aryl methyl sites for hydroxylation is 1. The van der Waals surface area contributed by atoms with Gasteiger partial charge in [0.25, 0.3) is 0 Å². The number of aromatic nitrogens is 2. The van der Waals surface area contributed by atoms with Crippen molar-refractivity contribution in [3.8, 4) is 0 Å². The van der Waals surface area contributed by atoms with Crippen LogP contribution in [0.15, 0.2) is 36.7 Å². The SMILES string of the molecule is C[C@H](NCCc1cnn(C)c1)c1ccc(F)cc1. The molecule has 1 aromatic carbocycles. The molecule has 4 heteroatoms. The summed E-state index contributed by atoms with van der Waals surface area (Å²) >= 11 is 0. The van der Waals surface area contributed by atoms with Gasteiger partial charge in [-0.25, -0.2) is 4.39 Å². The van der Waals surface area contributed by atoms with Crippen molar-refractivity contribution in [1.29, 1.82) is 0 Å². The van der Waals surface area contributed by atoms with E-state index in [0.29, 0.717) is 0 Å². The second-order valence-electron chi connectivity index (χ2n) is 4.50. The van der Waals surface area contributed by atoms with Crippen molar-refractivity contribution in [2.75, 3.05) is 6.54 Å². The first-order valence-electron chi connectivity index (χ1n) is 6.11. The van der Waals surface area contributed by atoms with Crippen LogP contribution in [0.25, 0.3) is 0 Å². The minimum Gasteiger partial charge on any atom is -0.310 e. The lowest BCUT2D eigenvalue weighted by atomic mass is 10.1. The maximum atomic E-state index is 12.8. The van der Waals surface area contributed by atoms with Crippen LogP contribution in [0.2, 0.25) is 0 Å². The molecular formula is C14H18FN3. The molecule has 0 aliphatic heterocycles. The molecule has 1 heterocycles. The molecule has 96 valence electrons. The predicted molar refractivity (Wildman–Crippen MR) is 69.7 cm³/mol. The number of rotatable bonds is 5. The zero-order valence-corrected chi connectivity index (χ0v) is 10.7. The second-order valence-corrected chi connectivity index (χ2v) is 4.50. The highest BCUT2D eigenvalue weighted by Crippen LogP contribution is 2.12. The molecule has 3 nitrogen and oxygen atoms in total. The Bertz CT molecular complexity index is 490. The van der Waals surface area contributed by atoms with E-state index in [9.17, 15) is 4.39 Å². The van der Waals surface area contributed by atoms with Gasteiger partial charge in [-0.05, 0) is 43.1 Å². The molecule has 0 aliphatic rings. The van der Waals surface area contributed by atoms with E-state index in [4.69, 9.17) is 0 Å². The van der Waals surface area contributed by atoms with Crippen LogP contribution in [-0.4, -0.2) is 16.3 Å². The molecule has 0 amide bonds. The van der Waals surface area contributed by atoms with Gasteiger partial charge in [0.05, 0.1) is 6.20 Å². The van der Waals surface area contributed by atoms with Gasteiger partial charge in [0.2, 0.25) is 0 Å². The molecular weight excluding hydrogens is 229 g/mol. The highest BCUT2D eigenvalue weighted by molar-refractivity contribution is 5.19. The molecule has 1 N–H and O–H groups in total. The summed E-state index contributed by atoms with van der Waals surface area (Å²) in [5, 5.41) is 7.55. The first kappa shape index (κ1) is 12.8. The number of halogens is 1. The largest absolute Gasteiger partial charge is 0.310 e. The molecule has 2 aromatic rings.